The molecule has 0 aliphatic carbocycles. The van der Waals surface area contributed by atoms with Gasteiger partial charge in [-0.25, -0.2) is 9.97 Å². The van der Waals surface area contributed by atoms with Crippen LogP contribution in [0.5, 0.6) is 11.6 Å². The van der Waals surface area contributed by atoms with Crippen LogP contribution in [0.25, 0.3) is 33.2 Å². The quantitative estimate of drug-likeness (QED) is 0.360. The maximum absolute atomic E-state index is 5.81. The van der Waals surface area contributed by atoms with E-state index in [0.717, 1.165) is 38.8 Å². The summed E-state index contributed by atoms with van der Waals surface area (Å²) >= 11 is 0. The van der Waals surface area contributed by atoms with E-state index in [0.29, 0.717) is 43.2 Å². The fourth-order valence-electron chi connectivity index (χ4n) is 3.86. The van der Waals surface area contributed by atoms with E-state index in [1.165, 1.54) is 0 Å². The normalized spacial score (nSPS) is 13.4. The second kappa shape index (κ2) is 7.90. The summed E-state index contributed by atoms with van der Waals surface area (Å²) in [7, 11) is 1.79. The van der Waals surface area contributed by atoms with Crippen LogP contribution in [-0.4, -0.2) is 50.2 Å². The second-order valence-electron chi connectivity index (χ2n) is 7.56. The van der Waals surface area contributed by atoms with Crippen LogP contribution in [-0.2, 0) is 6.54 Å². The summed E-state index contributed by atoms with van der Waals surface area (Å²) in [5.74, 6) is 2.34. The van der Waals surface area contributed by atoms with Gasteiger partial charge >= 0.3 is 0 Å². The minimum absolute atomic E-state index is 0.342. The van der Waals surface area contributed by atoms with E-state index in [9.17, 15) is 0 Å². The number of hydrogen-bond acceptors (Lipinski definition) is 9. The molecule has 5 heterocycles. The Hall–Kier alpha value is -4.47. The molecule has 0 saturated carbocycles. The van der Waals surface area contributed by atoms with Gasteiger partial charge in [0.2, 0.25) is 11.8 Å². The molecule has 0 radical (unpaired) electrons. The summed E-state index contributed by atoms with van der Waals surface area (Å²) in [6, 6.07) is 7.91. The van der Waals surface area contributed by atoms with Crippen molar-refractivity contribution in [2.45, 2.75) is 6.54 Å². The maximum Gasteiger partial charge on any atom is 0.233 e. The number of hydrogen-bond donors (Lipinski definition) is 3. The number of aromatic nitrogens is 6. The van der Waals surface area contributed by atoms with Gasteiger partial charge in [0.25, 0.3) is 0 Å². The first-order valence-electron chi connectivity index (χ1n) is 10.5. The van der Waals surface area contributed by atoms with Gasteiger partial charge in [-0.3, -0.25) is 4.98 Å². The molecular weight excluding hydrogens is 420 g/mol. The molecular formula is C23H20N8O2. The number of nitrogens with zero attached hydrogens (tertiary/aromatic N) is 5. The number of aromatic amines is 1. The molecule has 1 aromatic carbocycles. The molecule has 5 bridgehead atoms. The first-order chi connectivity index (χ1) is 16.3. The molecule has 10 nitrogen and oxygen atoms in total. The largest absolute Gasteiger partial charge is 0.488 e. The highest BCUT2D eigenvalue weighted by atomic mass is 16.5. The molecule has 164 valence electrons. The van der Waals surface area contributed by atoms with Crippen molar-refractivity contribution in [2.75, 3.05) is 30.9 Å². The Balaban J connectivity index is 1.54. The average molecular weight is 440 g/mol. The molecule has 0 unspecified atom stereocenters. The van der Waals surface area contributed by atoms with Crippen LogP contribution in [0, 0.1) is 0 Å². The summed E-state index contributed by atoms with van der Waals surface area (Å²) < 4.78 is 11.6. The van der Waals surface area contributed by atoms with Crippen LogP contribution < -0.4 is 20.1 Å². The molecule has 33 heavy (non-hydrogen) atoms. The standard InChI is InChI=1S/C23H20N8O2/c1-24-23-30-21-20-16(11-28-22(20)31-23)14-2-3-17-18(7-14)29-19(12-26-17)33-5-4-32-15-6-13(9-27-21)8-25-10-15/h2-3,6-8,10-12H,4-5,9H2,1H3,(H3,24,27,28,30,31). The highest BCUT2D eigenvalue weighted by molar-refractivity contribution is 6.02. The molecule has 1 aliphatic rings. The van der Waals surface area contributed by atoms with Crippen LogP contribution in [0.1, 0.15) is 5.56 Å². The minimum Gasteiger partial charge on any atom is -0.488 e. The van der Waals surface area contributed by atoms with Gasteiger partial charge in [-0.15, -0.1) is 0 Å². The van der Waals surface area contributed by atoms with Gasteiger partial charge in [-0.2, -0.15) is 9.97 Å². The van der Waals surface area contributed by atoms with Crippen LogP contribution in [0.3, 0.4) is 0 Å². The van der Waals surface area contributed by atoms with Gasteiger partial charge in [-0.1, -0.05) is 6.07 Å². The maximum atomic E-state index is 5.81. The summed E-state index contributed by atoms with van der Waals surface area (Å²) in [5.41, 5.74) is 5.15. The number of rotatable bonds is 1. The molecule has 0 amide bonds. The first-order valence-corrected chi connectivity index (χ1v) is 10.5. The number of anilines is 2. The molecule has 0 atom stereocenters. The van der Waals surface area contributed by atoms with Crippen molar-refractivity contribution in [3.8, 4) is 22.8 Å². The molecule has 10 heteroatoms. The topological polar surface area (TPSA) is 123 Å². The summed E-state index contributed by atoms with van der Waals surface area (Å²) in [6.07, 6.45) is 7.04. The lowest BCUT2D eigenvalue weighted by atomic mass is 10.1. The molecule has 1 aliphatic heterocycles. The highest BCUT2D eigenvalue weighted by Gasteiger charge is 2.16. The zero-order chi connectivity index (χ0) is 22.2. The van der Waals surface area contributed by atoms with E-state index in [2.05, 4.69) is 40.5 Å². The molecule has 0 saturated heterocycles. The zero-order valence-corrected chi connectivity index (χ0v) is 17.8. The van der Waals surface area contributed by atoms with Gasteiger partial charge in [-0.05, 0) is 29.3 Å². The first kappa shape index (κ1) is 19.2. The molecule has 3 N–H and O–H groups in total. The predicted molar refractivity (Wildman–Crippen MR) is 125 cm³/mol. The van der Waals surface area contributed by atoms with E-state index < -0.39 is 0 Å². The van der Waals surface area contributed by atoms with Crippen molar-refractivity contribution in [2.24, 2.45) is 0 Å². The SMILES string of the molecule is CNc1nc2c3c(c[nH]c3n1)-c1ccc3ncc(nc3c1)OCCOc1cncc(c1)CN2. The van der Waals surface area contributed by atoms with Crippen molar-refractivity contribution in [3.05, 3.63) is 54.6 Å². The minimum atomic E-state index is 0.342. The van der Waals surface area contributed by atoms with Crippen molar-refractivity contribution >= 4 is 33.8 Å². The third-order valence-corrected chi connectivity index (χ3v) is 5.42. The lowest BCUT2D eigenvalue weighted by Crippen LogP contribution is -2.10. The lowest BCUT2D eigenvalue weighted by molar-refractivity contribution is 0.211. The van der Waals surface area contributed by atoms with Crippen molar-refractivity contribution < 1.29 is 9.47 Å². The third-order valence-electron chi connectivity index (χ3n) is 5.42. The Kier molecular flexibility index (Phi) is 4.60. The van der Waals surface area contributed by atoms with Crippen molar-refractivity contribution in [1.29, 1.82) is 0 Å². The molecule has 4 aromatic heterocycles. The number of fused-ring (bicyclic) bond motifs is 5. The predicted octanol–water partition coefficient (Wildman–Crippen LogP) is 3.39. The van der Waals surface area contributed by atoms with Gasteiger partial charge in [0.05, 0.1) is 28.8 Å². The Morgan fingerprint density at radius 2 is 1.91 bits per heavy atom. The van der Waals surface area contributed by atoms with Gasteiger partial charge in [0.1, 0.15) is 30.4 Å². The molecule has 0 spiro atoms. The van der Waals surface area contributed by atoms with E-state index in [1.807, 2.05) is 30.5 Å². The Morgan fingerprint density at radius 1 is 0.970 bits per heavy atom. The van der Waals surface area contributed by atoms with Crippen LogP contribution in [0.4, 0.5) is 11.8 Å². The summed E-state index contributed by atoms with van der Waals surface area (Å²) in [6.45, 7) is 1.22. The monoisotopic (exact) mass is 440 g/mol. The Bertz CT molecular complexity index is 1480. The number of nitrogens with one attached hydrogen (secondary N) is 3. The van der Waals surface area contributed by atoms with Crippen LogP contribution in [0.15, 0.2) is 49.1 Å². The highest BCUT2D eigenvalue weighted by Crippen LogP contribution is 2.34. The van der Waals surface area contributed by atoms with E-state index in [-0.39, 0.29) is 0 Å². The van der Waals surface area contributed by atoms with Gasteiger partial charge in [0, 0.05) is 31.5 Å². The van der Waals surface area contributed by atoms with E-state index >= 15 is 0 Å². The van der Waals surface area contributed by atoms with Crippen LogP contribution >= 0.6 is 0 Å². The Labute approximate surface area is 188 Å². The summed E-state index contributed by atoms with van der Waals surface area (Å²) in [4.78, 5) is 25.9. The van der Waals surface area contributed by atoms with E-state index in [1.54, 1.807) is 25.6 Å². The Morgan fingerprint density at radius 3 is 2.85 bits per heavy atom. The number of pyridine rings is 1. The van der Waals surface area contributed by atoms with Crippen LogP contribution in [0.2, 0.25) is 0 Å². The smallest absolute Gasteiger partial charge is 0.233 e. The van der Waals surface area contributed by atoms with E-state index in [4.69, 9.17) is 9.47 Å². The van der Waals surface area contributed by atoms with Crippen molar-refractivity contribution in [1.82, 2.24) is 29.9 Å². The van der Waals surface area contributed by atoms with Gasteiger partial charge < -0.3 is 25.1 Å². The molecule has 0 fully saturated rings. The zero-order valence-electron chi connectivity index (χ0n) is 17.8. The van der Waals surface area contributed by atoms with Crippen molar-refractivity contribution in [3.63, 3.8) is 0 Å². The molecule has 6 rings (SSSR count). The number of ether oxygens (including phenoxy) is 2. The number of H-pyrrole nitrogens is 1. The number of benzene rings is 1. The van der Waals surface area contributed by atoms with Gasteiger partial charge in [0.15, 0.2) is 0 Å². The molecule has 5 aromatic rings. The fraction of sp³-hybridized carbons (Fsp3) is 0.174. The summed E-state index contributed by atoms with van der Waals surface area (Å²) in [5, 5.41) is 7.36. The fourth-order valence-corrected chi connectivity index (χ4v) is 3.86. The average Bonchev–Trinajstić information content (AvgIpc) is 3.28. The third kappa shape index (κ3) is 3.61. The second-order valence-corrected chi connectivity index (χ2v) is 7.56. The lowest BCUT2D eigenvalue weighted by Gasteiger charge is -2.11.